The summed E-state index contributed by atoms with van der Waals surface area (Å²) in [7, 11) is 0. The first-order chi connectivity index (χ1) is 12.2. The molecule has 4 aromatic rings. The van der Waals surface area contributed by atoms with Gasteiger partial charge in [-0.2, -0.15) is 21.4 Å². The molecule has 0 radical (unpaired) electrons. The lowest BCUT2D eigenvalue weighted by molar-refractivity contribution is -0.137. The van der Waals surface area contributed by atoms with Crippen LogP contribution in [0.15, 0.2) is 47.7 Å². The van der Waals surface area contributed by atoms with Crippen LogP contribution in [0.4, 0.5) is 11.6 Å². The molecule has 126 valence electrons. The fourth-order valence-electron chi connectivity index (χ4n) is 2.52. The Kier molecular flexibility index (Phi) is 3.90. The number of aliphatic carboxylic acids is 1. The molecule has 0 unspecified atom stereocenters. The number of anilines is 2. The Labute approximate surface area is 146 Å². The van der Waals surface area contributed by atoms with Gasteiger partial charge in [0.25, 0.3) is 0 Å². The third-order valence-corrected chi connectivity index (χ3v) is 4.35. The molecule has 0 aliphatic heterocycles. The van der Waals surface area contributed by atoms with E-state index in [2.05, 4.69) is 41.8 Å². The van der Waals surface area contributed by atoms with Crippen LogP contribution >= 0.6 is 11.3 Å². The van der Waals surface area contributed by atoms with Crippen LogP contribution in [0.5, 0.6) is 0 Å². The maximum absolute atomic E-state index is 10.7. The Morgan fingerprint density at radius 3 is 3.04 bits per heavy atom. The SMILES string of the molecule is O=C(O)Cn1cc(Nc2ncc3ccn(Cc4ccsc4)c3n2)cn1. The highest BCUT2D eigenvalue weighted by Gasteiger charge is 2.08. The van der Waals surface area contributed by atoms with E-state index in [0.717, 1.165) is 17.6 Å². The van der Waals surface area contributed by atoms with Crippen LogP contribution in [0, 0.1) is 0 Å². The van der Waals surface area contributed by atoms with Crippen LogP contribution in [0.3, 0.4) is 0 Å². The number of nitrogens with one attached hydrogen (secondary N) is 1. The van der Waals surface area contributed by atoms with Gasteiger partial charge in [0.05, 0.1) is 11.9 Å². The van der Waals surface area contributed by atoms with Crippen LogP contribution < -0.4 is 5.32 Å². The third kappa shape index (κ3) is 3.36. The predicted octanol–water partition coefficient (Wildman–Crippen LogP) is 2.57. The Hall–Kier alpha value is -3.20. The van der Waals surface area contributed by atoms with E-state index in [1.54, 1.807) is 29.9 Å². The van der Waals surface area contributed by atoms with Crippen LogP contribution in [-0.2, 0) is 17.9 Å². The predicted molar refractivity (Wildman–Crippen MR) is 94.1 cm³/mol. The van der Waals surface area contributed by atoms with Gasteiger partial charge in [0, 0.05) is 30.5 Å². The molecule has 4 aromatic heterocycles. The minimum Gasteiger partial charge on any atom is -0.480 e. The lowest BCUT2D eigenvalue weighted by atomic mass is 10.3. The molecule has 8 nitrogen and oxygen atoms in total. The molecule has 25 heavy (non-hydrogen) atoms. The first kappa shape index (κ1) is 15.3. The van der Waals surface area contributed by atoms with Gasteiger partial charge in [0.15, 0.2) is 0 Å². The number of thiophene rings is 1. The van der Waals surface area contributed by atoms with Gasteiger partial charge in [-0.25, -0.2) is 4.98 Å². The number of rotatable bonds is 6. The van der Waals surface area contributed by atoms with E-state index in [9.17, 15) is 4.79 Å². The van der Waals surface area contributed by atoms with Gasteiger partial charge in [-0.05, 0) is 28.5 Å². The fourth-order valence-corrected chi connectivity index (χ4v) is 3.18. The summed E-state index contributed by atoms with van der Waals surface area (Å²) < 4.78 is 3.40. The average Bonchev–Trinajstić information content (AvgIpc) is 3.30. The van der Waals surface area contributed by atoms with Crippen molar-refractivity contribution < 1.29 is 9.90 Å². The van der Waals surface area contributed by atoms with Crippen molar-refractivity contribution in [3.63, 3.8) is 0 Å². The van der Waals surface area contributed by atoms with E-state index >= 15 is 0 Å². The van der Waals surface area contributed by atoms with E-state index < -0.39 is 5.97 Å². The maximum atomic E-state index is 10.7. The van der Waals surface area contributed by atoms with Gasteiger partial charge < -0.3 is 15.0 Å². The van der Waals surface area contributed by atoms with E-state index in [1.807, 2.05) is 12.3 Å². The molecule has 0 aliphatic carbocycles. The van der Waals surface area contributed by atoms with E-state index in [4.69, 9.17) is 5.11 Å². The van der Waals surface area contributed by atoms with E-state index in [-0.39, 0.29) is 6.54 Å². The summed E-state index contributed by atoms with van der Waals surface area (Å²) in [4.78, 5) is 19.6. The Bertz CT molecular complexity index is 1020. The monoisotopic (exact) mass is 354 g/mol. The van der Waals surface area contributed by atoms with Gasteiger partial charge in [-0.15, -0.1) is 0 Å². The molecule has 0 saturated heterocycles. The number of carbonyl (C=O) groups is 1. The lowest BCUT2D eigenvalue weighted by Crippen LogP contribution is -2.08. The van der Waals surface area contributed by atoms with E-state index in [1.165, 1.54) is 10.2 Å². The molecule has 4 heterocycles. The number of aromatic nitrogens is 5. The molecular formula is C16H14N6O2S. The number of hydrogen-bond donors (Lipinski definition) is 2. The number of carboxylic acids is 1. The Morgan fingerprint density at radius 1 is 1.32 bits per heavy atom. The lowest BCUT2D eigenvalue weighted by Gasteiger charge is -2.05. The van der Waals surface area contributed by atoms with Gasteiger partial charge in [-0.3, -0.25) is 9.48 Å². The summed E-state index contributed by atoms with van der Waals surface area (Å²) in [5.74, 6) is -0.508. The summed E-state index contributed by atoms with van der Waals surface area (Å²) in [6.07, 6.45) is 6.90. The smallest absolute Gasteiger partial charge is 0.325 e. The number of carboxylic acid groups (broad SMARTS) is 1. The largest absolute Gasteiger partial charge is 0.480 e. The first-order valence-corrected chi connectivity index (χ1v) is 8.46. The molecule has 0 amide bonds. The zero-order chi connectivity index (χ0) is 17.2. The summed E-state index contributed by atoms with van der Waals surface area (Å²) in [6, 6.07) is 4.07. The van der Waals surface area contributed by atoms with Crippen LogP contribution in [0.25, 0.3) is 11.0 Å². The fraction of sp³-hybridized carbons (Fsp3) is 0.125. The quantitative estimate of drug-likeness (QED) is 0.552. The second-order valence-electron chi connectivity index (χ2n) is 5.49. The van der Waals surface area contributed by atoms with Crippen LogP contribution in [0.1, 0.15) is 5.56 Å². The molecule has 0 saturated carbocycles. The Balaban J connectivity index is 1.57. The molecule has 0 atom stereocenters. The second kappa shape index (κ2) is 6.36. The molecular weight excluding hydrogens is 340 g/mol. The summed E-state index contributed by atoms with van der Waals surface area (Å²) >= 11 is 1.67. The molecule has 2 N–H and O–H groups in total. The van der Waals surface area contributed by atoms with Crippen molar-refractivity contribution in [3.05, 3.63) is 53.2 Å². The van der Waals surface area contributed by atoms with Crippen molar-refractivity contribution in [3.8, 4) is 0 Å². The standard InChI is InChI=1S/C16H14N6O2S/c23-14(24)9-22-8-13(6-18-22)19-16-17-5-12-1-3-21(15(12)20-16)7-11-2-4-25-10-11/h1-6,8,10H,7,9H2,(H,23,24)(H,17,19,20). The van der Waals surface area contributed by atoms with Crippen molar-refractivity contribution in [1.29, 1.82) is 0 Å². The highest BCUT2D eigenvalue weighted by Crippen LogP contribution is 2.19. The maximum Gasteiger partial charge on any atom is 0.325 e. The number of hydrogen-bond acceptors (Lipinski definition) is 6. The molecule has 0 bridgehead atoms. The molecule has 0 spiro atoms. The highest BCUT2D eigenvalue weighted by atomic mass is 32.1. The Morgan fingerprint density at radius 2 is 2.24 bits per heavy atom. The van der Waals surface area contributed by atoms with Crippen molar-refractivity contribution >= 4 is 40.0 Å². The minimum absolute atomic E-state index is 0.189. The molecule has 0 fully saturated rings. The van der Waals surface area contributed by atoms with Gasteiger partial charge in [0.2, 0.25) is 5.95 Å². The first-order valence-electron chi connectivity index (χ1n) is 7.51. The zero-order valence-corrected chi connectivity index (χ0v) is 13.8. The third-order valence-electron chi connectivity index (χ3n) is 3.62. The summed E-state index contributed by atoms with van der Waals surface area (Å²) in [5.41, 5.74) is 2.70. The van der Waals surface area contributed by atoms with Crippen molar-refractivity contribution in [1.82, 2.24) is 24.3 Å². The van der Waals surface area contributed by atoms with Gasteiger partial charge in [0.1, 0.15) is 12.2 Å². The van der Waals surface area contributed by atoms with Crippen molar-refractivity contribution in [2.45, 2.75) is 13.1 Å². The van der Waals surface area contributed by atoms with Crippen LogP contribution in [-0.4, -0.2) is 35.4 Å². The minimum atomic E-state index is -0.946. The van der Waals surface area contributed by atoms with Crippen molar-refractivity contribution in [2.24, 2.45) is 0 Å². The zero-order valence-electron chi connectivity index (χ0n) is 13.0. The normalized spacial score (nSPS) is 11.0. The van der Waals surface area contributed by atoms with Crippen LogP contribution in [0.2, 0.25) is 0 Å². The van der Waals surface area contributed by atoms with Gasteiger partial charge in [-0.1, -0.05) is 0 Å². The second-order valence-corrected chi connectivity index (χ2v) is 6.27. The molecule has 9 heteroatoms. The van der Waals surface area contributed by atoms with E-state index in [0.29, 0.717) is 11.6 Å². The molecule has 4 rings (SSSR count). The number of fused-ring (bicyclic) bond motifs is 1. The topological polar surface area (TPSA) is 97.9 Å². The van der Waals surface area contributed by atoms with Crippen molar-refractivity contribution in [2.75, 3.05) is 5.32 Å². The summed E-state index contributed by atoms with van der Waals surface area (Å²) in [5, 5.41) is 21.0. The highest BCUT2D eigenvalue weighted by molar-refractivity contribution is 7.07. The average molecular weight is 354 g/mol. The number of nitrogens with zero attached hydrogens (tertiary/aromatic N) is 5. The summed E-state index contributed by atoms with van der Waals surface area (Å²) in [6.45, 7) is 0.561. The molecule has 0 aromatic carbocycles. The van der Waals surface area contributed by atoms with Gasteiger partial charge >= 0.3 is 5.97 Å². The molecule has 0 aliphatic rings.